The Morgan fingerprint density at radius 1 is 0.909 bits per heavy atom. The molecule has 0 aliphatic carbocycles. The molecule has 116 valence electrons. The summed E-state index contributed by atoms with van der Waals surface area (Å²) in [4.78, 5) is 21.8. The number of halogens is 2. The molecule has 2 aromatic carbocycles. The second-order valence-corrected chi connectivity index (χ2v) is 5.81. The van der Waals surface area contributed by atoms with Gasteiger partial charge in [0.2, 0.25) is 0 Å². The lowest BCUT2D eigenvalue weighted by molar-refractivity contribution is 0.0600. The lowest BCUT2D eigenvalue weighted by Crippen LogP contribution is -2.29. The van der Waals surface area contributed by atoms with Crippen LogP contribution in [0.4, 0.5) is 0 Å². The van der Waals surface area contributed by atoms with Crippen molar-refractivity contribution >= 4 is 43.7 Å². The van der Waals surface area contributed by atoms with Crippen molar-refractivity contribution in [1.29, 1.82) is 0 Å². The Kier molecular flexibility index (Phi) is 7.79. The van der Waals surface area contributed by atoms with Gasteiger partial charge in [0.25, 0.3) is 5.91 Å². The number of carbonyl (C=O) groups excluding carboxylic acids is 2. The van der Waals surface area contributed by atoms with Gasteiger partial charge in [-0.2, -0.15) is 0 Å². The number of hydrogen-bond acceptors (Lipinski definition) is 4. The molecule has 0 heterocycles. The molecule has 0 aliphatic rings. The highest BCUT2D eigenvalue weighted by Crippen LogP contribution is 2.11. The van der Waals surface area contributed by atoms with Crippen molar-refractivity contribution in [3.05, 3.63) is 68.6 Å². The summed E-state index contributed by atoms with van der Waals surface area (Å²) < 4.78 is 6.41. The number of nitrogen functional groups attached to an aromatic ring is 1. The van der Waals surface area contributed by atoms with Gasteiger partial charge in [0.15, 0.2) is 0 Å². The van der Waals surface area contributed by atoms with E-state index in [0.717, 1.165) is 8.95 Å². The lowest BCUT2D eigenvalue weighted by Gasteiger charge is -1.97. The van der Waals surface area contributed by atoms with E-state index >= 15 is 0 Å². The lowest BCUT2D eigenvalue weighted by atomic mass is 10.2. The van der Waals surface area contributed by atoms with Gasteiger partial charge in [-0.05, 0) is 48.5 Å². The molecule has 0 bridgehead atoms. The predicted octanol–water partition coefficient (Wildman–Crippen LogP) is 3.29. The molecule has 0 aromatic heterocycles. The molecular formula is C15H14Br2N2O3. The number of methoxy groups -OCH3 is 1. The summed E-state index contributed by atoms with van der Waals surface area (Å²) in [6.07, 6.45) is 0. The number of hydrogen-bond donors (Lipinski definition) is 2. The molecule has 2 rings (SSSR count). The van der Waals surface area contributed by atoms with E-state index in [1.54, 1.807) is 48.5 Å². The number of esters is 1. The van der Waals surface area contributed by atoms with E-state index in [4.69, 9.17) is 5.84 Å². The molecule has 0 aliphatic heterocycles. The van der Waals surface area contributed by atoms with Crippen LogP contribution in [0.15, 0.2) is 57.5 Å². The SMILES string of the molecule is COC(=O)c1ccc(Br)cc1.NNC(=O)c1ccc(Br)cc1. The Morgan fingerprint density at radius 3 is 1.68 bits per heavy atom. The van der Waals surface area contributed by atoms with E-state index in [1.807, 2.05) is 5.43 Å². The van der Waals surface area contributed by atoms with Crippen LogP contribution in [0, 0.1) is 0 Å². The molecule has 0 unspecified atom stereocenters. The maximum Gasteiger partial charge on any atom is 0.337 e. The van der Waals surface area contributed by atoms with Crippen LogP contribution >= 0.6 is 31.9 Å². The summed E-state index contributed by atoms with van der Waals surface area (Å²) in [5.74, 6) is 4.34. The third kappa shape index (κ3) is 5.97. The minimum absolute atomic E-state index is 0.280. The van der Waals surface area contributed by atoms with Crippen LogP contribution in [0.2, 0.25) is 0 Å². The summed E-state index contributed by atoms with van der Waals surface area (Å²) >= 11 is 6.52. The smallest absolute Gasteiger partial charge is 0.337 e. The maximum atomic E-state index is 10.9. The molecule has 5 nitrogen and oxygen atoms in total. The van der Waals surface area contributed by atoms with Crippen molar-refractivity contribution in [3.8, 4) is 0 Å². The number of ether oxygens (including phenoxy) is 1. The average Bonchev–Trinajstić information content (AvgIpc) is 2.55. The first-order valence-electron chi connectivity index (χ1n) is 6.08. The molecule has 0 atom stereocenters. The number of benzene rings is 2. The van der Waals surface area contributed by atoms with E-state index in [2.05, 4.69) is 36.6 Å². The van der Waals surface area contributed by atoms with Crippen molar-refractivity contribution in [1.82, 2.24) is 5.43 Å². The monoisotopic (exact) mass is 428 g/mol. The molecule has 0 spiro atoms. The fourth-order valence-corrected chi connectivity index (χ4v) is 1.92. The zero-order valence-electron chi connectivity index (χ0n) is 11.7. The van der Waals surface area contributed by atoms with E-state index in [-0.39, 0.29) is 11.9 Å². The Morgan fingerprint density at radius 2 is 1.32 bits per heavy atom. The Hall–Kier alpha value is -1.70. The van der Waals surface area contributed by atoms with Crippen molar-refractivity contribution in [2.24, 2.45) is 5.84 Å². The highest BCUT2D eigenvalue weighted by Gasteiger charge is 2.02. The quantitative estimate of drug-likeness (QED) is 0.332. The van der Waals surface area contributed by atoms with Crippen LogP contribution < -0.4 is 11.3 Å². The summed E-state index contributed by atoms with van der Waals surface area (Å²) in [5.41, 5.74) is 3.16. The minimum Gasteiger partial charge on any atom is -0.465 e. The van der Waals surface area contributed by atoms with Gasteiger partial charge in [0, 0.05) is 14.5 Å². The number of nitrogens with two attached hydrogens (primary N) is 1. The molecule has 22 heavy (non-hydrogen) atoms. The van der Waals surface area contributed by atoms with Crippen molar-refractivity contribution in [3.63, 3.8) is 0 Å². The standard InChI is InChI=1S/C8H7BrO2.C7H7BrN2O/c1-11-8(10)6-2-4-7(9)5-3-6;8-6-3-1-5(2-4-6)7(11)10-9/h2-5H,1H3;1-4H,9H2,(H,10,11). The number of hydrazine groups is 1. The first-order valence-corrected chi connectivity index (χ1v) is 7.67. The van der Waals surface area contributed by atoms with Gasteiger partial charge in [-0.25, -0.2) is 10.6 Å². The molecule has 0 fully saturated rings. The highest BCUT2D eigenvalue weighted by molar-refractivity contribution is 9.10. The first kappa shape index (κ1) is 18.3. The van der Waals surface area contributed by atoms with Gasteiger partial charge in [0.05, 0.1) is 12.7 Å². The molecule has 0 radical (unpaired) electrons. The van der Waals surface area contributed by atoms with Gasteiger partial charge in [-0.1, -0.05) is 31.9 Å². The average molecular weight is 430 g/mol. The van der Waals surface area contributed by atoms with Crippen LogP contribution in [-0.2, 0) is 4.74 Å². The molecule has 7 heteroatoms. The fraction of sp³-hybridized carbons (Fsp3) is 0.0667. The molecular weight excluding hydrogens is 416 g/mol. The van der Waals surface area contributed by atoms with Crippen LogP contribution in [0.5, 0.6) is 0 Å². The van der Waals surface area contributed by atoms with Crippen LogP contribution in [0.3, 0.4) is 0 Å². The third-order valence-electron chi connectivity index (χ3n) is 2.50. The number of rotatable bonds is 2. The largest absolute Gasteiger partial charge is 0.465 e. The fourth-order valence-electron chi connectivity index (χ4n) is 1.39. The van der Waals surface area contributed by atoms with Gasteiger partial charge < -0.3 is 4.74 Å². The summed E-state index contributed by atoms with van der Waals surface area (Å²) in [7, 11) is 1.37. The zero-order valence-corrected chi connectivity index (χ0v) is 14.8. The molecule has 3 N–H and O–H groups in total. The van der Waals surface area contributed by atoms with Gasteiger partial charge >= 0.3 is 5.97 Å². The van der Waals surface area contributed by atoms with E-state index in [0.29, 0.717) is 11.1 Å². The van der Waals surface area contributed by atoms with Gasteiger partial charge in [-0.3, -0.25) is 10.2 Å². The second kappa shape index (κ2) is 9.34. The molecule has 0 saturated heterocycles. The first-order chi connectivity index (χ1) is 10.5. The Balaban J connectivity index is 0.000000220. The van der Waals surface area contributed by atoms with Crippen LogP contribution in [0.1, 0.15) is 20.7 Å². The topological polar surface area (TPSA) is 81.4 Å². The Bertz CT molecular complexity index is 571. The van der Waals surface area contributed by atoms with E-state index in [1.165, 1.54) is 7.11 Å². The number of nitrogens with one attached hydrogen (secondary N) is 1. The summed E-state index contributed by atoms with van der Waals surface area (Å²) in [5, 5.41) is 0. The van der Waals surface area contributed by atoms with Crippen molar-refractivity contribution < 1.29 is 14.3 Å². The highest BCUT2D eigenvalue weighted by atomic mass is 79.9. The Labute approximate surface area is 145 Å². The molecule has 0 saturated carbocycles. The van der Waals surface area contributed by atoms with Crippen LogP contribution in [0.25, 0.3) is 0 Å². The zero-order chi connectivity index (χ0) is 16.5. The van der Waals surface area contributed by atoms with Crippen molar-refractivity contribution in [2.75, 3.05) is 7.11 Å². The summed E-state index contributed by atoms with van der Waals surface area (Å²) in [6, 6.07) is 13.9. The molecule has 2 aromatic rings. The van der Waals surface area contributed by atoms with E-state index < -0.39 is 0 Å². The summed E-state index contributed by atoms with van der Waals surface area (Å²) in [6.45, 7) is 0. The minimum atomic E-state index is -0.308. The van der Waals surface area contributed by atoms with Crippen molar-refractivity contribution in [2.45, 2.75) is 0 Å². The third-order valence-corrected chi connectivity index (χ3v) is 3.56. The van der Waals surface area contributed by atoms with Crippen LogP contribution in [-0.4, -0.2) is 19.0 Å². The number of carbonyl (C=O) groups is 2. The molecule has 1 amide bonds. The van der Waals surface area contributed by atoms with Gasteiger partial charge in [-0.15, -0.1) is 0 Å². The second-order valence-electron chi connectivity index (χ2n) is 3.98. The normalized spacial score (nSPS) is 9.27. The maximum absolute atomic E-state index is 10.9. The van der Waals surface area contributed by atoms with Gasteiger partial charge in [0.1, 0.15) is 0 Å². The predicted molar refractivity (Wildman–Crippen MR) is 91.3 cm³/mol. The van der Waals surface area contributed by atoms with E-state index in [9.17, 15) is 9.59 Å². The number of amides is 1.